The molecule has 0 saturated carbocycles. The molecule has 1 aliphatic rings. The van der Waals surface area contributed by atoms with E-state index in [-0.39, 0.29) is 24.6 Å². The molecule has 0 aliphatic carbocycles. The van der Waals surface area contributed by atoms with Crippen LogP contribution in [0, 0.1) is 24.5 Å². The third-order valence-electron chi connectivity index (χ3n) is 4.88. The molecule has 0 bridgehead atoms. The second-order valence-electron chi connectivity index (χ2n) is 6.35. The molecule has 0 unspecified atom stereocenters. The monoisotopic (exact) mass is 348 g/mol. The number of carboxylic acid groups (broad SMARTS) is 1. The summed E-state index contributed by atoms with van der Waals surface area (Å²) >= 11 is 0. The van der Waals surface area contributed by atoms with E-state index in [0.717, 1.165) is 17.8 Å². The summed E-state index contributed by atoms with van der Waals surface area (Å²) < 4.78 is 29.0. The Morgan fingerprint density at radius 2 is 1.88 bits per heavy atom. The zero-order valence-electron chi connectivity index (χ0n) is 13.9. The highest BCUT2D eigenvalue weighted by Gasteiger charge is 2.42. The number of benzene rings is 1. The van der Waals surface area contributed by atoms with Gasteiger partial charge in [-0.25, -0.2) is 8.78 Å². The Morgan fingerprint density at radius 3 is 2.44 bits per heavy atom. The number of aromatic nitrogens is 1. The number of rotatable bonds is 3. The highest BCUT2D eigenvalue weighted by molar-refractivity contribution is 5.93. The Bertz CT molecular complexity index is 847. The minimum atomic E-state index is -1.10. The molecule has 7 heteroatoms. The molecule has 1 N–H and O–H groups in total. The summed E-state index contributed by atoms with van der Waals surface area (Å²) in [6.45, 7) is 1.92. The number of carboxylic acids is 1. The third-order valence-corrected chi connectivity index (χ3v) is 4.88. The highest BCUT2D eigenvalue weighted by atomic mass is 19.1. The van der Waals surface area contributed by atoms with Crippen LogP contribution in [0.25, 0.3) is 0 Å². The van der Waals surface area contributed by atoms with Gasteiger partial charge in [-0.05, 0) is 30.7 Å². The SMILES string of the molecule is Cc1ccc(C(=O)N2C[C@H](C(=O)O)[C@@H](c3ccc(F)cc3F)C2)n1C. The van der Waals surface area contributed by atoms with E-state index in [9.17, 15) is 23.5 Å². The van der Waals surface area contributed by atoms with Crippen molar-refractivity contribution < 1.29 is 23.5 Å². The fraction of sp³-hybridized carbons (Fsp3) is 0.333. The molecule has 2 heterocycles. The molecule has 0 spiro atoms. The molecule has 25 heavy (non-hydrogen) atoms. The van der Waals surface area contributed by atoms with E-state index in [4.69, 9.17) is 0 Å². The van der Waals surface area contributed by atoms with Crippen LogP contribution in [0.5, 0.6) is 0 Å². The standard InChI is InChI=1S/C18H18F2N2O3/c1-10-3-6-16(21(10)2)17(23)22-8-13(14(9-22)18(24)25)12-5-4-11(19)7-15(12)20/h3-7,13-14H,8-9H2,1-2H3,(H,24,25)/t13-,14+/m1/s1. The predicted octanol–water partition coefficient (Wildman–Crippen LogP) is 2.55. The number of carbonyl (C=O) groups excluding carboxylic acids is 1. The summed E-state index contributed by atoms with van der Waals surface area (Å²) in [7, 11) is 1.75. The molecule has 2 atom stereocenters. The van der Waals surface area contributed by atoms with Gasteiger partial charge in [0, 0.05) is 37.8 Å². The Labute approximate surface area is 143 Å². The van der Waals surface area contributed by atoms with Gasteiger partial charge in [-0.2, -0.15) is 0 Å². The van der Waals surface area contributed by atoms with E-state index in [2.05, 4.69) is 0 Å². The Balaban J connectivity index is 1.91. The maximum Gasteiger partial charge on any atom is 0.308 e. The summed E-state index contributed by atoms with van der Waals surface area (Å²) in [6.07, 6.45) is 0. The van der Waals surface area contributed by atoms with Gasteiger partial charge < -0.3 is 14.6 Å². The molecule has 0 radical (unpaired) electrons. The number of hydrogen-bond donors (Lipinski definition) is 1. The first-order chi connectivity index (χ1) is 11.8. The molecule has 132 valence electrons. The molecule has 1 aromatic heterocycles. The van der Waals surface area contributed by atoms with Gasteiger partial charge in [0.1, 0.15) is 17.3 Å². The van der Waals surface area contributed by atoms with Crippen molar-refractivity contribution in [1.82, 2.24) is 9.47 Å². The molecular formula is C18H18F2N2O3. The van der Waals surface area contributed by atoms with Crippen LogP contribution < -0.4 is 0 Å². The van der Waals surface area contributed by atoms with E-state index in [0.29, 0.717) is 5.69 Å². The van der Waals surface area contributed by atoms with Crippen molar-refractivity contribution in [3.8, 4) is 0 Å². The molecule has 2 aromatic rings. The van der Waals surface area contributed by atoms with Crippen LogP contribution in [0.3, 0.4) is 0 Å². The lowest BCUT2D eigenvalue weighted by Crippen LogP contribution is -2.31. The molecule has 1 aromatic carbocycles. The Morgan fingerprint density at radius 1 is 1.16 bits per heavy atom. The fourth-order valence-corrected chi connectivity index (χ4v) is 3.33. The molecule has 1 saturated heterocycles. The number of carbonyl (C=O) groups is 2. The van der Waals surface area contributed by atoms with E-state index in [1.807, 2.05) is 6.92 Å². The number of halogens is 2. The number of likely N-dealkylation sites (tertiary alicyclic amines) is 1. The van der Waals surface area contributed by atoms with Gasteiger partial charge in [0.25, 0.3) is 5.91 Å². The largest absolute Gasteiger partial charge is 0.481 e. The molecule has 1 fully saturated rings. The second-order valence-corrected chi connectivity index (χ2v) is 6.35. The first-order valence-electron chi connectivity index (χ1n) is 7.89. The summed E-state index contributed by atoms with van der Waals surface area (Å²) in [5.41, 5.74) is 1.47. The number of aryl methyl sites for hydroxylation is 1. The minimum absolute atomic E-state index is 0.0140. The minimum Gasteiger partial charge on any atom is -0.481 e. The maximum absolute atomic E-state index is 14.1. The first-order valence-corrected chi connectivity index (χ1v) is 7.89. The lowest BCUT2D eigenvalue weighted by Gasteiger charge is -2.17. The van der Waals surface area contributed by atoms with Gasteiger partial charge in [0.2, 0.25) is 0 Å². The van der Waals surface area contributed by atoms with Crippen molar-refractivity contribution in [3.05, 3.63) is 58.9 Å². The van der Waals surface area contributed by atoms with Crippen LogP contribution >= 0.6 is 0 Å². The average molecular weight is 348 g/mol. The van der Waals surface area contributed by atoms with E-state index in [1.54, 1.807) is 23.7 Å². The van der Waals surface area contributed by atoms with Gasteiger partial charge in [-0.1, -0.05) is 6.07 Å². The number of amides is 1. The average Bonchev–Trinajstić information content (AvgIpc) is 3.12. The summed E-state index contributed by atoms with van der Waals surface area (Å²) in [5.74, 6) is -4.58. The van der Waals surface area contributed by atoms with Crippen molar-refractivity contribution in [2.75, 3.05) is 13.1 Å². The van der Waals surface area contributed by atoms with Gasteiger partial charge in [-0.15, -0.1) is 0 Å². The van der Waals surface area contributed by atoms with Crippen molar-refractivity contribution in [2.45, 2.75) is 12.8 Å². The van der Waals surface area contributed by atoms with Crippen molar-refractivity contribution in [1.29, 1.82) is 0 Å². The Kier molecular flexibility index (Phi) is 4.32. The lowest BCUT2D eigenvalue weighted by molar-refractivity contribution is -0.141. The van der Waals surface area contributed by atoms with Crippen molar-refractivity contribution in [3.63, 3.8) is 0 Å². The molecule has 3 rings (SSSR count). The lowest BCUT2D eigenvalue weighted by atomic mass is 9.88. The van der Waals surface area contributed by atoms with Crippen LogP contribution in [0.15, 0.2) is 30.3 Å². The van der Waals surface area contributed by atoms with E-state index < -0.39 is 29.4 Å². The summed E-state index contributed by atoms with van der Waals surface area (Å²) in [4.78, 5) is 25.7. The predicted molar refractivity (Wildman–Crippen MR) is 86.3 cm³/mol. The van der Waals surface area contributed by atoms with Crippen molar-refractivity contribution in [2.24, 2.45) is 13.0 Å². The molecule has 5 nitrogen and oxygen atoms in total. The van der Waals surface area contributed by atoms with E-state index >= 15 is 0 Å². The topological polar surface area (TPSA) is 62.5 Å². The number of hydrogen-bond acceptors (Lipinski definition) is 2. The van der Waals surface area contributed by atoms with Crippen LogP contribution in [-0.4, -0.2) is 39.5 Å². The maximum atomic E-state index is 14.1. The number of aliphatic carboxylic acids is 1. The summed E-state index contributed by atoms with van der Waals surface area (Å²) in [5, 5.41) is 9.48. The Hall–Kier alpha value is -2.70. The van der Waals surface area contributed by atoms with Crippen LogP contribution in [-0.2, 0) is 11.8 Å². The first kappa shape index (κ1) is 17.1. The smallest absolute Gasteiger partial charge is 0.308 e. The zero-order chi connectivity index (χ0) is 18.3. The zero-order valence-corrected chi connectivity index (χ0v) is 13.9. The van der Waals surface area contributed by atoms with Crippen molar-refractivity contribution >= 4 is 11.9 Å². The molecular weight excluding hydrogens is 330 g/mol. The normalized spacial score (nSPS) is 20.1. The van der Waals surface area contributed by atoms with Gasteiger partial charge in [-0.3, -0.25) is 9.59 Å². The second kappa shape index (κ2) is 6.31. The van der Waals surface area contributed by atoms with Crippen LogP contribution in [0.1, 0.15) is 27.7 Å². The fourth-order valence-electron chi connectivity index (χ4n) is 3.33. The number of nitrogens with zero attached hydrogens (tertiary/aromatic N) is 2. The highest BCUT2D eigenvalue weighted by Crippen LogP contribution is 2.35. The van der Waals surface area contributed by atoms with Crippen LogP contribution in [0.2, 0.25) is 0 Å². The quantitative estimate of drug-likeness (QED) is 0.927. The van der Waals surface area contributed by atoms with Gasteiger partial charge >= 0.3 is 5.97 Å². The molecule has 1 amide bonds. The van der Waals surface area contributed by atoms with Gasteiger partial charge in [0.05, 0.1) is 5.92 Å². The summed E-state index contributed by atoms with van der Waals surface area (Å²) in [6, 6.07) is 6.57. The van der Waals surface area contributed by atoms with E-state index in [1.165, 1.54) is 11.0 Å². The van der Waals surface area contributed by atoms with Crippen LogP contribution in [0.4, 0.5) is 8.78 Å². The molecule has 1 aliphatic heterocycles. The third kappa shape index (κ3) is 3.01. The van der Waals surface area contributed by atoms with Gasteiger partial charge in [0.15, 0.2) is 0 Å².